The third kappa shape index (κ3) is 4.71. The van der Waals surface area contributed by atoms with E-state index in [1.807, 2.05) is 24.3 Å². The van der Waals surface area contributed by atoms with E-state index in [-0.39, 0.29) is 0 Å². The summed E-state index contributed by atoms with van der Waals surface area (Å²) in [6, 6.07) is 13.8. The monoisotopic (exact) mass is 310 g/mol. The molecular formula is C20H22O3. The minimum absolute atomic E-state index is 0.579. The molecule has 0 amide bonds. The van der Waals surface area contributed by atoms with E-state index >= 15 is 0 Å². The Hall–Kier alpha value is -2.55. The Morgan fingerprint density at radius 3 is 2.61 bits per heavy atom. The second kappa shape index (κ2) is 8.79. The van der Waals surface area contributed by atoms with Crippen molar-refractivity contribution < 1.29 is 14.3 Å². The van der Waals surface area contributed by atoms with Crippen molar-refractivity contribution in [3.8, 4) is 11.5 Å². The Morgan fingerprint density at radius 1 is 1.17 bits per heavy atom. The van der Waals surface area contributed by atoms with Crippen LogP contribution in [0.3, 0.4) is 0 Å². The molecule has 0 radical (unpaired) electrons. The molecule has 0 unspecified atom stereocenters. The summed E-state index contributed by atoms with van der Waals surface area (Å²) in [4.78, 5) is 11.0. The first-order chi connectivity index (χ1) is 11.3. The maximum Gasteiger partial charge on any atom is 0.164 e. The molecule has 0 fully saturated rings. The largest absolute Gasteiger partial charge is 0.493 e. The van der Waals surface area contributed by atoms with Gasteiger partial charge in [-0.2, -0.15) is 0 Å². The van der Waals surface area contributed by atoms with E-state index in [4.69, 9.17) is 9.47 Å². The number of rotatable bonds is 9. The average Bonchev–Trinajstić information content (AvgIpc) is 2.60. The first kappa shape index (κ1) is 16.8. The molecule has 0 N–H and O–H groups in total. The predicted molar refractivity (Wildman–Crippen MR) is 92.5 cm³/mol. The molecule has 0 aliphatic heterocycles. The van der Waals surface area contributed by atoms with Crippen LogP contribution in [0.2, 0.25) is 0 Å². The van der Waals surface area contributed by atoms with Crippen LogP contribution < -0.4 is 9.47 Å². The lowest BCUT2D eigenvalue weighted by molar-refractivity contribution is 0.112. The number of hydrogen-bond donors (Lipinski definition) is 0. The third-order valence-corrected chi connectivity index (χ3v) is 3.57. The third-order valence-electron chi connectivity index (χ3n) is 3.57. The molecular weight excluding hydrogens is 288 g/mol. The number of allylic oxidation sites excluding steroid dienone is 1. The van der Waals surface area contributed by atoms with Gasteiger partial charge in [-0.25, -0.2) is 0 Å². The summed E-state index contributed by atoms with van der Waals surface area (Å²) in [7, 11) is 1.58. The van der Waals surface area contributed by atoms with Gasteiger partial charge in [-0.1, -0.05) is 36.4 Å². The lowest BCUT2D eigenvalue weighted by atomic mass is 10.1. The number of benzene rings is 2. The maximum atomic E-state index is 11.0. The van der Waals surface area contributed by atoms with Gasteiger partial charge in [0.1, 0.15) is 6.29 Å². The zero-order valence-corrected chi connectivity index (χ0v) is 13.5. The van der Waals surface area contributed by atoms with Crippen LogP contribution in [0.1, 0.15) is 27.9 Å². The average molecular weight is 310 g/mol. The van der Waals surface area contributed by atoms with Crippen LogP contribution in [0.15, 0.2) is 55.1 Å². The van der Waals surface area contributed by atoms with E-state index in [1.165, 1.54) is 5.56 Å². The van der Waals surface area contributed by atoms with Crippen LogP contribution >= 0.6 is 0 Å². The van der Waals surface area contributed by atoms with Crippen molar-refractivity contribution in [2.24, 2.45) is 0 Å². The number of carbonyl (C=O) groups is 1. The van der Waals surface area contributed by atoms with Crippen LogP contribution in [-0.2, 0) is 12.8 Å². The summed E-state index contributed by atoms with van der Waals surface area (Å²) in [5, 5.41) is 0. The summed E-state index contributed by atoms with van der Waals surface area (Å²) in [6.45, 7) is 4.35. The highest BCUT2D eigenvalue weighted by molar-refractivity contribution is 5.77. The topological polar surface area (TPSA) is 35.5 Å². The SMILES string of the molecule is C=CCc1cc(C=O)cc(OC)c1OCCCc1ccccc1. The highest BCUT2D eigenvalue weighted by Crippen LogP contribution is 2.33. The van der Waals surface area contributed by atoms with Crippen LogP contribution in [-0.4, -0.2) is 20.0 Å². The van der Waals surface area contributed by atoms with E-state index in [0.29, 0.717) is 30.1 Å². The van der Waals surface area contributed by atoms with Crippen molar-refractivity contribution in [1.82, 2.24) is 0 Å². The highest BCUT2D eigenvalue weighted by Gasteiger charge is 2.12. The molecule has 0 aliphatic carbocycles. The van der Waals surface area contributed by atoms with Crippen LogP contribution in [0.4, 0.5) is 0 Å². The van der Waals surface area contributed by atoms with Gasteiger partial charge in [-0.15, -0.1) is 6.58 Å². The Balaban J connectivity index is 2.05. The summed E-state index contributed by atoms with van der Waals surface area (Å²) < 4.78 is 11.3. The highest BCUT2D eigenvalue weighted by atomic mass is 16.5. The van der Waals surface area contributed by atoms with Crippen molar-refractivity contribution in [2.45, 2.75) is 19.3 Å². The van der Waals surface area contributed by atoms with Crippen LogP contribution in [0, 0.1) is 0 Å². The lowest BCUT2D eigenvalue weighted by Gasteiger charge is -2.15. The first-order valence-electron chi connectivity index (χ1n) is 7.72. The van der Waals surface area contributed by atoms with Crippen molar-refractivity contribution in [2.75, 3.05) is 13.7 Å². The second-order valence-corrected chi connectivity index (χ2v) is 5.26. The molecule has 0 heterocycles. The number of ether oxygens (including phenoxy) is 2. The lowest BCUT2D eigenvalue weighted by Crippen LogP contribution is -2.04. The maximum absolute atomic E-state index is 11.0. The normalized spacial score (nSPS) is 10.1. The van der Waals surface area contributed by atoms with Crippen LogP contribution in [0.25, 0.3) is 0 Å². The Bertz CT molecular complexity index is 647. The van der Waals surface area contributed by atoms with Gasteiger partial charge in [0.15, 0.2) is 11.5 Å². The zero-order valence-electron chi connectivity index (χ0n) is 13.5. The van der Waals surface area contributed by atoms with Gasteiger partial charge in [-0.3, -0.25) is 4.79 Å². The van der Waals surface area contributed by atoms with Gasteiger partial charge in [0.25, 0.3) is 0 Å². The molecule has 2 aromatic carbocycles. The smallest absolute Gasteiger partial charge is 0.164 e. The van der Waals surface area contributed by atoms with Gasteiger partial charge >= 0.3 is 0 Å². The molecule has 2 aromatic rings. The number of aryl methyl sites for hydroxylation is 1. The Labute approximate surface area is 137 Å². The molecule has 3 nitrogen and oxygen atoms in total. The predicted octanol–water partition coefficient (Wildman–Crippen LogP) is 4.25. The molecule has 0 spiro atoms. The molecule has 2 rings (SSSR count). The number of aldehydes is 1. The summed E-state index contributed by atoms with van der Waals surface area (Å²) >= 11 is 0. The fraction of sp³-hybridized carbons (Fsp3) is 0.250. The fourth-order valence-corrected chi connectivity index (χ4v) is 2.47. The van der Waals surface area contributed by atoms with Crippen molar-refractivity contribution in [3.63, 3.8) is 0 Å². The van der Waals surface area contributed by atoms with E-state index in [9.17, 15) is 4.79 Å². The molecule has 0 saturated heterocycles. The minimum atomic E-state index is 0.579. The molecule has 23 heavy (non-hydrogen) atoms. The summed E-state index contributed by atoms with van der Waals surface area (Å²) in [5.41, 5.74) is 2.79. The second-order valence-electron chi connectivity index (χ2n) is 5.26. The zero-order chi connectivity index (χ0) is 16.5. The first-order valence-corrected chi connectivity index (χ1v) is 7.72. The molecule has 0 atom stereocenters. The number of carbonyl (C=O) groups excluding carboxylic acids is 1. The fourth-order valence-electron chi connectivity index (χ4n) is 2.47. The molecule has 0 bridgehead atoms. The quantitative estimate of drug-likeness (QED) is 0.394. The Morgan fingerprint density at radius 2 is 1.96 bits per heavy atom. The summed E-state index contributed by atoms with van der Waals surface area (Å²) in [5.74, 6) is 1.29. The van der Waals surface area contributed by atoms with Crippen LogP contribution in [0.5, 0.6) is 11.5 Å². The summed E-state index contributed by atoms with van der Waals surface area (Å²) in [6.07, 6.45) is 5.11. The molecule has 0 aliphatic rings. The molecule has 120 valence electrons. The van der Waals surface area contributed by atoms with Gasteiger partial charge < -0.3 is 9.47 Å². The molecule has 3 heteroatoms. The van der Waals surface area contributed by atoms with Gasteiger partial charge in [0.05, 0.1) is 13.7 Å². The number of methoxy groups -OCH3 is 1. The van der Waals surface area contributed by atoms with Gasteiger partial charge in [0.2, 0.25) is 0 Å². The van der Waals surface area contributed by atoms with Gasteiger partial charge in [0, 0.05) is 11.1 Å². The van der Waals surface area contributed by atoms with E-state index in [0.717, 1.165) is 24.7 Å². The standard InChI is InChI=1S/C20H22O3/c1-3-8-18-13-17(15-21)14-19(22-2)20(18)23-12-7-11-16-9-5-4-6-10-16/h3-6,9-10,13-15H,1,7-8,11-12H2,2H3. The number of hydrogen-bond acceptors (Lipinski definition) is 3. The van der Waals surface area contributed by atoms with Gasteiger partial charge in [-0.05, 0) is 37.0 Å². The molecule has 0 aromatic heterocycles. The van der Waals surface area contributed by atoms with E-state index in [1.54, 1.807) is 19.3 Å². The van der Waals surface area contributed by atoms with Crippen molar-refractivity contribution in [3.05, 3.63) is 71.8 Å². The van der Waals surface area contributed by atoms with Crippen molar-refractivity contribution >= 4 is 6.29 Å². The van der Waals surface area contributed by atoms with Crippen molar-refractivity contribution in [1.29, 1.82) is 0 Å². The van der Waals surface area contributed by atoms with E-state index in [2.05, 4.69) is 18.7 Å². The van der Waals surface area contributed by atoms with E-state index < -0.39 is 0 Å². The minimum Gasteiger partial charge on any atom is -0.493 e. The molecule has 0 saturated carbocycles. The Kier molecular flexibility index (Phi) is 6.42.